The Kier molecular flexibility index (Phi) is 7.97. The van der Waals surface area contributed by atoms with Gasteiger partial charge in [0.15, 0.2) is 11.2 Å². The van der Waals surface area contributed by atoms with E-state index in [1.165, 1.54) is 33.6 Å². The molecule has 0 spiro atoms. The van der Waals surface area contributed by atoms with Crippen LogP contribution in [0, 0.1) is 5.92 Å². The molecule has 14 heteroatoms. The Balaban J connectivity index is 1.88. The van der Waals surface area contributed by atoms with Crippen molar-refractivity contribution in [2.24, 2.45) is 5.92 Å². The Labute approximate surface area is 219 Å². The lowest BCUT2D eigenvalue weighted by atomic mass is 9.99. The molecule has 204 valence electrons. The van der Waals surface area contributed by atoms with Gasteiger partial charge in [-0.2, -0.15) is 4.98 Å². The van der Waals surface area contributed by atoms with Crippen LogP contribution in [0.5, 0.6) is 6.01 Å². The van der Waals surface area contributed by atoms with E-state index in [1.54, 1.807) is 26.0 Å². The molecule has 4 rings (SSSR count). The van der Waals surface area contributed by atoms with Crippen LogP contribution in [0.15, 0.2) is 51.9 Å². The largest absolute Gasteiger partial charge is 0.573 e. The summed E-state index contributed by atoms with van der Waals surface area (Å²) in [4.78, 5) is 35.3. The fourth-order valence-electron chi connectivity index (χ4n) is 4.07. The summed E-state index contributed by atoms with van der Waals surface area (Å²) in [7, 11) is 0. The van der Waals surface area contributed by atoms with Crippen molar-refractivity contribution >= 4 is 22.8 Å². The molecule has 3 aromatic rings. The molecule has 0 bridgehead atoms. The number of ether oxygens (including phenoxy) is 2. The van der Waals surface area contributed by atoms with Gasteiger partial charge in [-0.15, -0.1) is 13.2 Å². The van der Waals surface area contributed by atoms with Crippen molar-refractivity contribution in [2.75, 3.05) is 6.61 Å². The molecular weight excluding hydrogens is 531 g/mol. The van der Waals surface area contributed by atoms with Crippen molar-refractivity contribution in [3.8, 4) is 6.01 Å². The summed E-state index contributed by atoms with van der Waals surface area (Å²) >= 11 is 5.95. The Morgan fingerprint density at radius 2 is 1.95 bits per heavy atom. The molecule has 2 unspecified atom stereocenters. The highest BCUT2D eigenvalue weighted by Crippen LogP contribution is 2.29. The second kappa shape index (κ2) is 11.0. The zero-order chi connectivity index (χ0) is 27.6. The third-order valence-corrected chi connectivity index (χ3v) is 6.15. The lowest BCUT2D eigenvalue weighted by Crippen LogP contribution is -2.40. The van der Waals surface area contributed by atoms with E-state index in [0.29, 0.717) is 10.7 Å². The van der Waals surface area contributed by atoms with Crippen molar-refractivity contribution in [1.82, 2.24) is 23.7 Å². The molecule has 0 radical (unpaired) electrons. The third kappa shape index (κ3) is 5.78. The maximum Gasteiger partial charge on any atom is 0.573 e. The van der Waals surface area contributed by atoms with Crippen LogP contribution in [0.4, 0.5) is 13.2 Å². The molecule has 0 amide bonds. The minimum atomic E-state index is -4.88. The molecule has 3 aromatic heterocycles. The number of hydrogen-bond acceptors (Lipinski definition) is 7. The normalized spacial score (nSPS) is 17.6. The predicted molar refractivity (Wildman–Crippen MR) is 132 cm³/mol. The molecule has 0 aromatic carbocycles. The highest BCUT2D eigenvalue weighted by atomic mass is 35.5. The molecule has 2 atom stereocenters. The molecule has 0 aliphatic heterocycles. The number of aromatic nitrogens is 5. The smallest absolute Gasteiger partial charge is 0.456 e. The third-order valence-electron chi connectivity index (χ3n) is 5.93. The molecule has 1 N–H and O–H groups in total. The summed E-state index contributed by atoms with van der Waals surface area (Å²) in [6, 6.07) is 3.16. The molecular formula is C24H25ClF3N5O5. The maximum absolute atomic E-state index is 13.5. The van der Waals surface area contributed by atoms with Gasteiger partial charge < -0.3 is 14.6 Å². The second-order valence-corrected chi connectivity index (χ2v) is 9.04. The molecule has 38 heavy (non-hydrogen) atoms. The zero-order valence-electron chi connectivity index (χ0n) is 20.5. The number of aliphatic hydroxyl groups excluding tert-OH is 1. The van der Waals surface area contributed by atoms with Gasteiger partial charge in [-0.3, -0.25) is 23.5 Å². The average Bonchev–Trinajstić information content (AvgIpc) is 3.19. The van der Waals surface area contributed by atoms with Crippen LogP contribution in [0.25, 0.3) is 11.2 Å². The van der Waals surface area contributed by atoms with Crippen LogP contribution in [0.1, 0.15) is 26.0 Å². The minimum absolute atomic E-state index is 0.00722. The molecule has 1 aliphatic rings. The van der Waals surface area contributed by atoms with Crippen LogP contribution < -0.4 is 16.0 Å². The monoisotopic (exact) mass is 555 g/mol. The maximum atomic E-state index is 13.5. The van der Waals surface area contributed by atoms with Gasteiger partial charge in [0.05, 0.1) is 17.3 Å². The van der Waals surface area contributed by atoms with E-state index >= 15 is 0 Å². The summed E-state index contributed by atoms with van der Waals surface area (Å²) in [5, 5.41) is 9.65. The molecule has 10 nitrogen and oxygen atoms in total. The fourth-order valence-corrected chi connectivity index (χ4v) is 4.18. The number of imidazole rings is 1. The van der Waals surface area contributed by atoms with Gasteiger partial charge in [0.2, 0.25) is 0 Å². The zero-order valence-corrected chi connectivity index (χ0v) is 21.2. The molecule has 0 saturated heterocycles. The number of pyridine rings is 1. The van der Waals surface area contributed by atoms with Crippen LogP contribution in [-0.2, 0) is 24.4 Å². The van der Waals surface area contributed by atoms with Crippen molar-refractivity contribution < 1.29 is 27.8 Å². The minimum Gasteiger partial charge on any atom is -0.456 e. The first-order valence-electron chi connectivity index (χ1n) is 11.8. The van der Waals surface area contributed by atoms with E-state index in [4.69, 9.17) is 16.3 Å². The second-order valence-electron chi connectivity index (χ2n) is 8.60. The average molecular weight is 556 g/mol. The van der Waals surface area contributed by atoms with Crippen LogP contribution in [0.3, 0.4) is 0 Å². The number of allylic oxidation sites excluding steroid dienone is 1. The number of halogens is 4. The summed E-state index contributed by atoms with van der Waals surface area (Å²) in [6.45, 7) is 3.37. The highest BCUT2D eigenvalue weighted by molar-refractivity contribution is 6.30. The summed E-state index contributed by atoms with van der Waals surface area (Å²) in [6.07, 6.45) is -0.323. The number of aliphatic hydroxyl groups is 1. The van der Waals surface area contributed by atoms with Crippen molar-refractivity contribution in [2.45, 2.75) is 52.4 Å². The highest BCUT2D eigenvalue weighted by Gasteiger charge is 2.34. The SMILES string of the molecule is CCn1c(=O)n(CCCO)c(=O)c2c1nc(OC1C=C(OC(F)(F)F)C=CC1C)n2Cc1ccc(Cl)cn1. The lowest BCUT2D eigenvalue weighted by molar-refractivity contribution is -0.303. The van der Waals surface area contributed by atoms with E-state index < -0.39 is 29.5 Å². The first kappa shape index (κ1) is 27.5. The Hall–Kier alpha value is -3.58. The molecule has 0 saturated carbocycles. The van der Waals surface area contributed by atoms with Gasteiger partial charge in [0, 0.05) is 31.8 Å². The first-order valence-corrected chi connectivity index (χ1v) is 12.2. The predicted octanol–water partition coefficient (Wildman–Crippen LogP) is 3.23. The Morgan fingerprint density at radius 3 is 2.58 bits per heavy atom. The summed E-state index contributed by atoms with van der Waals surface area (Å²) in [5.41, 5.74) is -0.656. The van der Waals surface area contributed by atoms with Gasteiger partial charge in [0.1, 0.15) is 11.9 Å². The summed E-state index contributed by atoms with van der Waals surface area (Å²) < 4.78 is 52.2. The Morgan fingerprint density at radius 1 is 1.18 bits per heavy atom. The Bertz CT molecular complexity index is 1490. The van der Waals surface area contributed by atoms with Gasteiger partial charge in [0.25, 0.3) is 11.6 Å². The number of fused-ring (bicyclic) bond motifs is 1. The lowest BCUT2D eigenvalue weighted by Gasteiger charge is -2.24. The molecule has 1 aliphatic carbocycles. The van der Waals surface area contributed by atoms with Crippen molar-refractivity contribution in [3.63, 3.8) is 0 Å². The fraction of sp³-hybridized carbons (Fsp3) is 0.417. The van der Waals surface area contributed by atoms with E-state index in [9.17, 15) is 27.9 Å². The first-order chi connectivity index (χ1) is 18.0. The van der Waals surface area contributed by atoms with Crippen LogP contribution in [0.2, 0.25) is 5.02 Å². The number of aryl methyl sites for hydroxylation is 1. The van der Waals surface area contributed by atoms with Crippen LogP contribution in [-0.4, -0.2) is 47.8 Å². The van der Waals surface area contributed by atoms with E-state index in [2.05, 4.69) is 14.7 Å². The molecule has 3 heterocycles. The molecule has 0 fully saturated rings. The van der Waals surface area contributed by atoms with Crippen LogP contribution >= 0.6 is 11.6 Å². The number of rotatable bonds is 9. The van der Waals surface area contributed by atoms with E-state index in [0.717, 1.165) is 4.57 Å². The quantitative estimate of drug-likeness (QED) is 0.431. The standard InChI is InChI=1S/C24H25ClF3N5O5/c1-3-31-20-19(21(35)32(23(31)36)9-4-10-34)33(13-16-7-6-15(25)12-29-16)22(30-20)37-18-11-17(8-5-14(18)2)38-24(26,27)28/h5-8,11-12,14,18,34H,3-4,9-10,13H2,1-2H3. The number of nitrogens with zero attached hydrogens (tertiary/aromatic N) is 5. The van der Waals surface area contributed by atoms with Crippen molar-refractivity contribution in [1.29, 1.82) is 0 Å². The number of alkyl halides is 3. The van der Waals surface area contributed by atoms with Gasteiger partial charge in [-0.05, 0) is 37.6 Å². The van der Waals surface area contributed by atoms with E-state index in [1.807, 2.05) is 0 Å². The number of hydrogen-bond donors (Lipinski definition) is 1. The van der Waals surface area contributed by atoms with Gasteiger partial charge in [-0.25, -0.2) is 4.79 Å². The van der Waals surface area contributed by atoms with Gasteiger partial charge >= 0.3 is 12.1 Å². The van der Waals surface area contributed by atoms with Gasteiger partial charge in [-0.1, -0.05) is 24.6 Å². The summed E-state index contributed by atoms with van der Waals surface area (Å²) in [5.74, 6) is -0.813. The van der Waals surface area contributed by atoms with Crippen molar-refractivity contribution in [3.05, 3.63) is 73.9 Å². The topological polar surface area (TPSA) is 113 Å². The van der Waals surface area contributed by atoms with E-state index in [-0.39, 0.29) is 55.8 Å².